The fraction of sp³-hybridized carbons (Fsp3) is 0.842. The van der Waals surface area contributed by atoms with Crippen molar-refractivity contribution in [3.63, 3.8) is 0 Å². The summed E-state index contributed by atoms with van der Waals surface area (Å²) in [6, 6.07) is -0.880. The van der Waals surface area contributed by atoms with Crippen LogP contribution in [0.5, 0.6) is 0 Å². The average Bonchev–Trinajstić information content (AvgIpc) is 3.33. The van der Waals surface area contributed by atoms with E-state index < -0.39 is 6.04 Å². The van der Waals surface area contributed by atoms with Crippen molar-refractivity contribution in [1.29, 1.82) is 0 Å². The number of nitrogens with one attached hydrogen (secondary N) is 1. The van der Waals surface area contributed by atoms with Crippen LogP contribution in [0.25, 0.3) is 0 Å². The third kappa shape index (κ3) is 3.38. The van der Waals surface area contributed by atoms with E-state index in [4.69, 9.17) is 10.5 Å². The third-order valence-corrected chi connectivity index (χ3v) is 6.89. The maximum Gasteiger partial charge on any atom is 0.243 e. The summed E-state index contributed by atoms with van der Waals surface area (Å²) < 4.78 is 5.74. The number of nitrogens with zero attached hydrogens (tertiary/aromatic N) is 1. The Kier molecular flexibility index (Phi) is 6.13. The number of rotatable bonds is 5. The van der Waals surface area contributed by atoms with Crippen LogP contribution in [0.4, 0.5) is 0 Å². The van der Waals surface area contributed by atoms with E-state index >= 15 is 0 Å². The van der Waals surface area contributed by atoms with Gasteiger partial charge in [0.25, 0.3) is 0 Å². The Balaban J connectivity index is 0.00000210. The molecule has 0 aromatic carbocycles. The Labute approximate surface area is 166 Å². The first-order valence-corrected chi connectivity index (χ1v) is 10.1. The summed E-state index contributed by atoms with van der Waals surface area (Å²) in [5.41, 5.74) is 5.90. The molecule has 0 spiro atoms. The lowest BCUT2D eigenvalue weighted by Crippen LogP contribution is -2.54. The molecule has 4 fully saturated rings. The van der Waals surface area contributed by atoms with Gasteiger partial charge in [-0.2, -0.15) is 0 Å². The lowest BCUT2D eigenvalue weighted by Gasteiger charge is -2.32. The van der Waals surface area contributed by atoms with Crippen LogP contribution in [-0.4, -0.2) is 53.5 Å². The zero-order valence-electron chi connectivity index (χ0n) is 15.8. The number of ether oxygens (including phenoxy) is 1. The highest BCUT2D eigenvalue weighted by Crippen LogP contribution is 2.48. The van der Waals surface area contributed by atoms with Crippen LogP contribution in [-0.2, 0) is 19.1 Å². The third-order valence-electron chi connectivity index (χ3n) is 6.89. The van der Waals surface area contributed by atoms with Gasteiger partial charge in [-0.15, -0.1) is 12.4 Å². The van der Waals surface area contributed by atoms with Crippen LogP contribution in [0.2, 0.25) is 0 Å². The predicted molar refractivity (Wildman–Crippen MR) is 101 cm³/mol. The second kappa shape index (κ2) is 8.05. The van der Waals surface area contributed by atoms with Gasteiger partial charge in [-0.3, -0.25) is 19.3 Å². The molecule has 0 aromatic heterocycles. The Morgan fingerprint density at radius 2 is 1.67 bits per heavy atom. The number of amides is 3. The van der Waals surface area contributed by atoms with E-state index in [-0.39, 0.29) is 60.2 Å². The highest BCUT2D eigenvalue weighted by Gasteiger charge is 2.63. The number of hydrogen-bond donors (Lipinski definition) is 2. The van der Waals surface area contributed by atoms with Gasteiger partial charge >= 0.3 is 0 Å². The normalized spacial score (nSPS) is 35.0. The first kappa shape index (κ1) is 20.6. The molecule has 6 atom stereocenters. The summed E-state index contributed by atoms with van der Waals surface area (Å²) >= 11 is 0. The number of carbonyl (C=O) groups is 3. The van der Waals surface area contributed by atoms with Crippen molar-refractivity contribution in [2.24, 2.45) is 23.5 Å². The maximum absolute atomic E-state index is 12.8. The van der Waals surface area contributed by atoms with Crippen LogP contribution < -0.4 is 11.1 Å². The molecule has 1 saturated carbocycles. The molecule has 3 amide bonds. The number of likely N-dealkylation sites (tertiary alicyclic amines) is 1. The molecule has 8 heteroatoms. The van der Waals surface area contributed by atoms with E-state index in [0.29, 0.717) is 12.5 Å². The Morgan fingerprint density at radius 3 is 2.19 bits per heavy atom. The van der Waals surface area contributed by atoms with E-state index in [0.717, 1.165) is 25.7 Å². The molecule has 7 nitrogen and oxygen atoms in total. The molecule has 1 aliphatic carbocycles. The second-order valence-electron chi connectivity index (χ2n) is 8.31. The number of nitrogens with two attached hydrogens (primary N) is 1. The van der Waals surface area contributed by atoms with Crippen LogP contribution in [0, 0.1) is 17.8 Å². The van der Waals surface area contributed by atoms with Crippen molar-refractivity contribution < 1.29 is 19.1 Å². The largest absolute Gasteiger partial charge is 0.373 e. The average molecular weight is 400 g/mol. The van der Waals surface area contributed by atoms with Crippen molar-refractivity contribution >= 4 is 30.1 Å². The van der Waals surface area contributed by atoms with E-state index in [1.807, 2.05) is 0 Å². The number of fused-ring (bicyclic) bond motifs is 5. The minimum atomic E-state index is -0.794. The first-order chi connectivity index (χ1) is 12.5. The minimum Gasteiger partial charge on any atom is -0.373 e. The van der Waals surface area contributed by atoms with Crippen LogP contribution in [0.15, 0.2) is 0 Å². The molecule has 2 bridgehead atoms. The highest BCUT2D eigenvalue weighted by molar-refractivity contribution is 6.09. The van der Waals surface area contributed by atoms with Gasteiger partial charge < -0.3 is 15.8 Å². The van der Waals surface area contributed by atoms with Crippen LogP contribution in [0.1, 0.15) is 51.9 Å². The van der Waals surface area contributed by atoms with Gasteiger partial charge in [0, 0.05) is 12.6 Å². The minimum absolute atomic E-state index is 0. The number of hydrogen-bond acceptors (Lipinski definition) is 5. The van der Waals surface area contributed by atoms with Crippen molar-refractivity contribution in [3.8, 4) is 0 Å². The summed E-state index contributed by atoms with van der Waals surface area (Å²) in [5.74, 6) is -1.15. The van der Waals surface area contributed by atoms with Crippen molar-refractivity contribution in [2.75, 3.05) is 6.54 Å². The van der Waals surface area contributed by atoms with E-state index in [1.165, 1.54) is 24.2 Å². The Bertz CT molecular complexity index is 582. The fourth-order valence-electron chi connectivity index (χ4n) is 5.44. The van der Waals surface area contributed by atoms with Gasteiger partial charge in [0.05, 0.1) is 24.0 Å². The summed E-state index contributed by atoms with van der Waals surface area (Å²) in [7, 11) is 0. The van der Waals surface area contributed by atoms with Crippen LogP contribution in [0.3, 0.4) is 0 Å². The molecule has 3 heterocycles. The molecular formula is C19H30ClN3O4. The summed E-state index contributed by atoms with van der Waals surface area (Å²) in [4.78, 5) is 39.6. The zero-order valence-corrected chi connectivity index (χ0v) is 16.6. The van der Waals surface area contributed by atoms with Gasteiger partial charge in [-0.1, -0.05) is 19.3 Å². The summed E-state index contributed by atoms with van der Waals surface area (Å²) in [6.07, 6.45) is 7.07. The molecule has 6 unspecified atom stereocenters. The predicted octanol–water partition coefficient (Wildman–Crippen LogP) is 0.983. The smallest absolute Gasteiger partial charge is 0.243 e. The molecule has 152 valence electrons. The molecular weight excluding hydrogens is 370 g/mol. The molecule has 3 aliphatic heterocycles. The topological polar surface area (TPSA) is 102 Å². The van der Waals surface area contributed by atoms with Crippen molar-refractivity contribution in [3.05, 3.63) is 0 Å². The monoisotopic (exact) mass is 399 g/mol. The molecule has 3 saturated heterocycles. The summed E-state index contributed by atoms with van der Waals surface area (Å²) in [5, 5.41) is 3.02. The molecule has 27 heavy (non-hydrogen) atoms. The van der Waals surface area contributed by atoms with E-state index in [1.54, 1.807) is 6.92 Å². The Morgan fingerprint density at radius 1 is 1.11 bits per heavy atom. The van der Waals surface area contributed by atoms with Crippen molar-refractivity contribution in [1.82, 2.24) is 10.2 Å². The zero-order chi connectivity index (χ0) is 18.4. The van der Waals surface area contributed by atoms with Gasteiger partial charge in [-0.05, 0) is 38.5 Å². The number of imide groups is 1. The first-order valence-electron chi connectivity index (χ1n) is 10.1. The standard InChI is InChI=1S/C19H29N3O4.ClH/c1-10(17(23)21-12(9-20)11-5-3-2-4-6-11)22-18(24)15-13-7-8-14(26-13)16(15)19(22)25;/h10-16H,2-9,20H2,1H3,(H,21,23);1H. The lowest BCUT2D eigenvalue weighted by atomic mass is 9.81. The molecule has 4 rings (SSSR count). The SMILES string of the molecule is CC(C(=O)NC(CN)C1CCCCC1)N1C(=O)C2C3CCC(O3)C2C1=O.Cl. The van der Waals surface area contributed by atoms with Gasteiger partial charge in [0.2, 0.25) is 17.7 Å². The molecule has 0 radical (unpaired) electrons. The summed E-state index contributed by atoms with van der Waals surface area (Å²) in [6.45, 7) is 2.03. The van der Waals surface area contributed by atoms with Crippen molar-refractivity contribution in [2.45, 2.75) is 76.2 Å². The number of halogens is 1. The number of carbonyl (C=O) groups excluding carboxylic acids is 3. The molecule has 0 aromatic rings. The van der Waals surface area contributed by atoms with Gasteiger partial charge in [0.15, 0.2) is 0 Å². The fourth-order valence-corrected chi connectivity index (χ4v) is 5.44. The lowest BCUT2D eigenvalue weighted by molar-refractivity contribution is -0.149. The van der Waals surface area contributed by atoms with Gasteiger partial charge in [-0.25, -0.2) is 0 Å². The highest BCUT2D eigenvalue weighted by atomic mass is 35.5. The Hall–Kier alpha value is -1.18. The van der Waals surface area contributed by atoms with Crippen LogP contribution >= 0.6 is 12.4 Å². The van der Waals surface area contributed by atoms with E-state index in [9.17, 15) is 14.4 Å². The quantitative estimate of drug-likeness (QED) is 0.671. The van der Waals surface area contributed by atoms with E-state index in [2.05, 4.69) is 5.32 Å². The molecule has 3 N–H and O–H groups in total. The van der Waals surface area contributed by atoms with Gasteiger partial charge in [0.1, 0.15) is 6.04 Å². The maximum atomic E-state index is 12.8. The second-order valence-corrected chi connectivity index (χ2v) is 8.31. The molecule has 4 aliphatic rings.